The van der Waals surface area contributed by atoms with Gasteiger partial charge in [-0.15, -0.1) is 0 Å². The SMILES string of the molecule is CC(CN)CCC(=O)N(Cc1ccccc1)C(C)C1CC1. The molecule has 1 aliphatic rings. The van der Waals surface area contributed by atoms with E-state index < -0.39 is 0 Å². The summed E-state index contributed by atoms with van der Waals surface area (Å²) in [6.07, 6.45) is 4.03. The average Bonchev–Trinajstić information content (AvgIpc) is 3.35. The Morgan fingerprint density at radius 3 is 2.52 bits per heavy atom. The van der Waals surface area contributed by atoms with E-state index >= 15 is 0 Å². The van der Waals surface area contributed by atoms with Crippen LogP contribution in [0.3, 0.4) is 0 Å². The molecule has 3 nitrogen and oxygen atoms in total. The van der Waals surface area contributed by atoms with Gasteiger partial charge in [0.2, 0.25) is 5.91 Å². The van der Waals surface area contributed by atoms with Crippen LogP contribution in [0.4, 0.5) is 0 Å². The van der Waals surface area contributed by atoms with E-state index in [0.717, 1.165) is 13.0 Å². The third kappa shape index (κ3) is 4.85. The minimum atomic E-state index is 0.276. The van der Waals surface area contributed by atoms with Gasteiger partial charge < -0.3 is 10.6 Å². The summed E-state index contributed by atoms with van der Waals surface area (Å²) in [5.41, 5.74) is 6.86. The molecular formula is C18H28N2O. The maximum absolute atomic E-state index is 12.6. The van der Waals surface area contributed by atoms with E-state index in [9.17, 15) is 4.79 Å². The molecule has 3 heteroatoms. The Bertz CT molecular complexity index is 442. The largest absolute Gasteiger partial charge is 0.335 e. The zero-order valence-electron chi connectivity index (χ0n) is 13.3. The Morgan fingerprint density at radius 1 is 1.29 bits per heavy atom. The zero-order valence-corrected chi connectivity index (χ0v) is 13.3. The fourth-order valence-electron chi connectivity index (χ4n) is 2.70. The highest BCUT2D eigenvalue weighted by molar-refractivity contribution is 5.76. The van der Waals surface area contributed by atoms with Gasteiger partial charge in [-0.05, 0) is 50.1 Å². The molecule has 0 radical (unpaired) electrons. The van der Waals surface area contributed by atoms with Gasteiger partial charge >= 0.3 is 0 Å². The van der Waals surface area contributed by atoms with Gasteiger partial charge in [-0.2, -0.15) is 0 Å². The minimum Gasteiger partial charge on any atom is -0.335 e. The molecule has 0 heterocycles. The van der Waals surface area contributed by atoms with E-state index in [1.807, 2.05) is 18.2 Å². The molecule has 2 N–H and O–H groups in total. The van der Waals surface area contributed by atoms with Crippen molar-refractivity contribution < 1.29 is 4.79 Å². The summed E-state index contributed by atoms with van der Waals surface area (Å²) in [6, 6.07) is 10.6. The second-order valence-electron chi connectivity index (χ2n) is 6.46. The van der Waals surface area contributed by atoms with Crippen LogP contribution in [0.15, 0.2) is 30.3 Å². The van der Waals surface area contributed by atoms with Crippen molar-refractivity contribution in [3.63, 3.8) is 0 Å². The van der Waals surface area contributed by atoms with Crippen molar-refractivity contribution in [2.75, 3.05) is 6.54 Å². The topological polar surface area (TPSA) is 46.3 Å². The predicted octanol–water partition coefficient (Wildman–Crippen LogP) is 3.19. The molecule has 0 saturated heterocycles. The van der Waals surface area contributed by atoms with E-state index in [4.69, 9.17) is 5.73 Å². The lowest BCUT2D eigenvalue weighted by molar-refractivity contribution is -0.134. The quantitative estimate of drug-likeness (QED) is 0.798. The molecule has 2 atom stereocenters. The Balaban J connectivity index is 1.99. The second-order valence-corrected chi connectivity index (χ2v) is 6.46. The molecule has 21 heavy (non-hydrogen) atoms. The number of nitrogens with zero attached hydrogens (tertiary/aromatic N) is 1. The highest BCUT2D eigenvalue weighted by Gasteiger charge is 2.34. The number of benzene rings is 1. The molecule has 1 fully saturated rings. The normalized spacial score (nSPS) is 17.3. The number of rotatable bonds is 8. The van der Waals surface area contributed by atoms with Crippen molar-refractivity contribution in [3.8, 4) is 0 Å². The van der Waals surface area contributed by atoms with Crippen molar-refractivity contribution in [1.29, 1.82) is 0 Å². The summed E-state index contributed by atoms with van der Waals surface area (Å²) in [4.78, 5) is 14.7. The fraction of sp³-hybridized carbons (Fsp3) is 0.611. The summed E-state index contributed by atoms with van der Waals surface area (Å²) in [7, 11) is 0. The molecule has 0 bridgehead atoms. The summed E-state index contributed by atoms with van der Waals surface area (Å²) in [5.74, 6) is 1.40. The zero-order chi connectivity index (χ0) is 15.2. The number of amides is 1. The molecule has 1 saturated carbocycles. The Labute approximate surface area is 128 Å². The van der Waals surface area contributed by atoms with Crippen molar-refractivity contribution in [2.45, 2.75) is 52.1 Å². The Hall–Kier alpha value is -1.35. The lowest BCUT2D eigenvalue weighted by Crippen LogP contribution is -2.39. The molecule has 2 unspecified atom stereocenters. The average molecular weight is 288 g/mol. The molecule has 1 amide bonds. The maximum atomic E-state index is 12.6. The van der Waals surface area contributed by atoms with Gasteiger partial charge in [0.15, 0.2) is 0 Å². The van der Waals surface area contributed by atoms with Crippen molar-refractivity contribution in [3.05, 3.63) is 35.9 Å². The number of carbonyl (C=O) groups is 1. The molecule has 1 aliphatic carbocycles. The van der Waals surface area contributed by atoms with E-state index in [-0.39, 0.29) is 5.91 Å². The molecule has 2 rings (SSSR count). The molecule has 116 valence electrons. The first-order chi connectivity index (χ1) is 10.1. The monoisotopic (exact) mass is 288 g/mol. The van der Waals surface area contributed by atoms with Crippen LogP contribution in [-0.4, -0.2) is 23.4 Å². The van der Waals surface area contributed by atoms with Gasteiger partial charge in [0, 0.05) is 19.0 Å². The second kappa shape index (κ2) is 7.60. The van der Waals surface area contributed by atoms with Gasteiger partial charge in [-0.1, -0.05) is 37.3 Å². The first-order valence-electron chi connectivity index (χ1n) is 8.15. The minimum absolute atomic E-state index is 0.276. The highest BCUT2D eigenvalue weighted by Crippen LogP contribution is 2.36. The fourth-order valence-corrected chi connectivity index (χ4v) is 2.70. The first-order valence-corrected chi connectivity index (χ1v) is 8.15. The molecule has 1 aromatic rings. The van der Waals surface area contributed by atoms with Crippen LogP contribution in [0, 0.1) is 11.8 Å². The highest BCUT2D eigenvalue weighted by atomic mass is 16.2. The van der Waals surface area contributed by atoms with Gasteiger partial charge in [-0.3, -0.25) is 4.79 Å². The molecular weight excluding hydrogens is 260 g/mol. The third-order valence-electron chi connectivity index (χ3n) is 4.57. The van der Waals surface area contributed by atoms with E-state index in [1.54, 1.807) is 0 Å². The summed E-state index contributed by atoms with van der Waals surface area (Å²) >= 11 is 0. The van der Waals surface area contributed by atoms with Crippen molar-refractivity contribution >= 4 is 5.91 Å². The summed E-state index contributed by atoms with van der Waals surface area (Å²) in [6.45, 7) is 5.70. The molecule has 1 aromatic carbocycles. The molecule has 0 aromatic heterocycles. The standard InChI is InChI=1S/C18H28N2O/c1-14(12-19)8-11-18(21)20(15(2)17-9-10-17)13-16-6-4-3-5-7-16/h3-7,14-15,17H,8-13,19H2,1-2H3. The van der Waals surface area contributed by atoms with Gasteiger partial charge in [-0.25, -0.2) is 0 Å². The number of hydrogen-bond donors (Lipinski definition) is 1. The smallest absolute Gasteiger partial charge is 0.223 e. The van der Waals surface area contributed by atoms with Gasteiger partial charge in [0.25, 0.3) is 0 Å². The van der Waals surface area contributed by atoms with Gasteiger partial charge in [0.1, 0.15) is 0 Å². The Morgan fingerprint density at radius 2 is 1.95 bits per heavy atom. The lowest BCUT2D eigenvalue weighted by Gasteiger charge is -2.30. The number of carbonyl (C=O) groups excluding carboxylic acids is 1. The molecule has 0 aliphatic heterocycles. The first kappa shape index (κ1) is 16.0. The molecule has 0 spiro atoms. The summed E-state index contributed by atoms with van der Waals surface area (Å²) in [5, 5.41) is 0. The van der Waals surface area contributed by atoms with Gasteiger partial charge in [0.05, 0.1) is 0 Å². The maximum Gasteiger partial charge on any atom is 0.223 e. The van der Waals surface area contributed by atoms with Crippen LogP contribution in [0.2, 0.25) is 0 Å². The van der Waals surface area contributed by atoms with Crippen LogP contribution >= 0.6 is 0 Å². The summed E-state index contributed by atoms with van der Waals surface area (Å²) < 4.78 is 0. The third-order valence-corrected chi connectivity index (χ3v) is 4.57. The van der Waals surface area contributed by atoms with Crippen LogP contribution in [0.5, 0.6) is 0 Å². The van der Waals surface area contributed by atoms with Crippen molar-refractivity contribution in [2.24, 2.45) is 17.6 Å². The lowest BCUT2D eigenvalue weighted by atomic mass is 10.0. The van der Waals surface area contributed by atoms with Crippen LogP contribution < -0.4 is 5.73 Å². The van der Waals surface area contributed by atoms with E-state index in [1.165, 1.54) is 18.4 Å². The van der Waals surface area contributed by atoms with Crippen molar-refractivity contribution in [1.82, 2.24) is 4.90 Å². The van der Waals surface area contributed by atoms with Crippen LogP contribution in [0.25, 0.3) is 0 Å². The van der Waals surface area contributed by atoms with Crippen LogP contribution in [0.1, 0.15) is 45.1 Å². The van der Waals surface area contributed by atoms with E-state index in [0.29, 0.717) is 30.8 Å². The Kier molecular flexibility index (Phi) is 5.80. The number of hydrogen-bond acceptors (Lipinski definition) is 2. The van der Waals surface area contributed by atoms with Crippen LogP contribution in [-0.2, 0) is 11.3 Å². The van der Waals surface area contributed by atoms with E-state index in [2.05, 4.69) is 30.9 Å². The number of nitrogens with two attached hydrogens (primary N) is 1. The predicted molar refractivity (Wildman–Crippen MR) is 86.6 cm³/mol.